The van der Waals surface area contributed by atoms with Gasteiger partial charge in [0.1, 0.15) is 6.10 Å². The third-order valence-corrected chi connectivity index (χ3v) is 9.56. The molecule has 0 bridgehead atoms. The lowest BCUT2D eigenvalue weighted by Crippen LogP contribution is -2.41. The molecule has 9 heteroatoms. The van der Waals surface area contributed by atoms with Crippen molar-refractivity contribution in [1.82, 2.24) is 9.80 Å². The number of benzene rings is 3. The van der Waals surface area contributed by atoms with Gasteiger partial charge in [-0.2, -0.15) is 0 Å². The number of methoxy groups -OCH3 is 1. The Hall–Kier alpha value is -3.75. The second kappa shape index (κ2) is 14.8. The first-order chi connectivity index (χ1) is 22.1. The van der Waals surface area contributed by atoms with E-state index in [-0.39, 0.29) is 36.7 Å². The highest BCUT2D eigenvalue weighted by atomic mass is 35.5. The molecule has 2 amide bonds. The topological polar surface area (TPSA) is 71.5 Å². The van der Waals surface area contributed by atoms with Gasteiger partial charge in [0.25, 0.3) is 0 Å². The van der Waals surface area contributed by atoms with Gasteiger partial charge < -0.3 is 28.9 Å². The van der Waals surface area contributed by atoms with Crippen LogP contribution in [0.1, 0.15) is 81.3 Å². The number of carbonyl (C=O) groups excluding carboxylic acids is 2. The number of piperidine rings is 1. The number of hydrogen-bond donors (Lipinski definition) is 0. The van der Waals surface area contributed by atoms with E-state index in [0.29, 0.717) is 23.1 Å². The number of anilines is 1. The van der Waals surface area contributed by atoms with Crippen molar-refractivity contribution < 1.29 is 23.8 Å². The van der Waals surface area contributed by atoms with Gasteiger partial charge in [-0.05, 0) is 106 Å². The van der Waals surface area contributed by atoms with Gasteiger partial charge in [0, 0.05) is 30.3 Å². The number of amides is 2. The first-order valence-electron chi connectivity index (χ1n) is 16.3. The van der Waals surface area contributed by atoms with Gasteiger partial charge in [-0.15, -0.1) is 0 Å². The Kier molecular flexibility index (Phi) is 10.8. The molecule has 2 aliphatic rings. The van der Waals surface area contributed by atoms with Crippen molar-refractivity contribution in [3.63, 3.8) is 0 Å². The van der Waals surface area contributed by atoms with Gasteiger partial charge in [0.15, 0.2) is 11.5 Å². The summed E-state index contributed by atoms with van der Waals surface area (Å²) in [5.74, 6) is 1.24. The van der Waals surface area contributed by atoms with Crippen LogP contribution in [0.25, 0.3) is 0 Å². The summed E-state index contributed by atoms with van der Waals surface area (Å²) in [4.78, 5) is 33.0. The molecule has 2 heterocycles. The molecule has 1 fully saturated rings. The van der Waals surface area contributed by atoms with Crippen LogP contribution in [0.2, 0.25) is 5.02 Å². The van der Waals surface area contributed by atoms with Crippen molar-refractivity contribution in [3.05, 3.63) is 87.9 Å². The highest BCUT2D eigenvalue weighted by Crippen LogP contribution is 2.44. The third kappa shape index (κ3) is 7.29. The smallest absolute Gasteiger partial charge is 0.410 e. The fourth-order valence-electron chi connectivity index (χ4n) is 6.34. The molecular weight excluding hydrogens is 602 g/mol. The molecule has 0 spiro atoms. The Bertz CT molecular complexity index is 1500. The number of likely N-dealkylation sites (tertiary alicyclic amines) is 1. The number of rotatable bonds is 10. The number of ether oxygens (including phenoxy) is 3. The summed E-state index contributed by atoms with van der Waals surface area (Å²) < 4.78 is 17.9. The summed E-state index contributed by atoms with van der Waals surface area (Å²) in [6, 6.07) is 18.9. The Morgan fingerprint density at radius 3 is 2.28 bits per heavy atom. The minimum absolute atomic E-state index is 0.00105. The molecule has 0 aromatic heterocycles. The molecule has 0 aliphatic carbocycles. The normalized spacial score (nSPS) is 18.5. The molecule has 46 heavy (non-hydrogen) atoms. The monoisotopic (exact) mass is 647 g/mol. The highest BCUT2D eigenvalue weighted by Gasteiger charge is 2.36. The van der Waals surface area contributed by atoms with E-state index in [4.69, 9.17) is 25.8 Å². The molecule has 0 N–H and O–H groups in total. The lowest BCUT2D eigenvalue weighted by Gasteiger charge is -2.38. The van der Waals surface area contributed by atoms with Crippen molar-refractivity contribution in [1.29, 1.82) is 0 Å². The number of halogens is 1. The molecule has 1 saturated heterocycles. The predicted molar refractivity (Wildman–Crippen MR) is 182 cm³/mol. The number of carbonyl (C=O) groups is 2. The maximum Gasteiger partial charge on any atom is 0.410 e. The Morgan fingerprint density at radius 1 is 1.00 bits per heavy atom. The van der Waals surface area contributed by atoms with Crippen LogP contribution < -0.4 is 14.4 Å². The summed E-state index contributed by atoms with van der Waals surface area (Å²) >= 11 is 6.28. The second-order valence-corrected chi connectivity index (χ2v) is 12.8. The molecular formula is C37H46ClN3O5. The van der Waals surface area contributed by atoms with E-state index < -0.39 is 6.04 Å². The Labute approximate surface area is 278 Å². The molecule has 0 saturated carbocycles. The minimum Gasteiger partial charge on any atom is -0.493 e. The van der Waals surface area contributed by atoms with Gasteiger partial charge in [0.05, 0.1) is 31.7 Å². The van der Waals surface area contributed by atoms with E-state index in [0.717, 1.165) is 60.3 Å². The second-order valence-electron chi connectivity index (χ2n) is 12.4. The van der Waals surface area contributed by atoms with Crippen LogP contribution in [0.4, 0.5) is 10.5 Å². The number of fused-ring (bicyclic) bond motifs is 1. The van der Waals surface area contributed by atoms with Gasteiger partial charge in [-0.25, -0.2) is 4.79 Å². The molecule has 0 radical (unpaired) electrons. The number of nitrogens with zero attached hydrogens (tertiary/aromatic N) is 3. The van der Waals surface area contributed by atoms with Crippen LogP contribution in [0.5, 0.6) is 11.5 Å². The fraction of sp³-hybridized carbons (Fsp3) is 0.459. The molecule has 3 aromatic rings. The summed E-state index contributed by atoms with van der Waals surface area (Å²) in [5.41, 5.74) is 4.55. The van der Waals surface area contributed by atoms with Crippen LogP contribution in [0.3, 0.4) is 0 Å². The van der Waals surface area contributed by atoms with Gasteiger partial charge in [-0.1, -0.05) is 42.8 Å². The molecule has 3 atom stereocenters. The summed E-state index contributed by atoms with van der Waals surface area (Å²) in [6.07, 6.45) is 2.43. The van der Waals surface area contributed by atoms with Crippen molar-refractivity contribution >= 4 is 29.3 Å². The maximum atomic E-state index is 13.9. The van der Waals surface area contributed by atoms with Crippen molar-refractivity contribution in [3.8, 4) is 11.5 Å². The highest BCUT2D eigenvalue weighted by molar-refractivity contribution is 6.30. The zero-order valence-corrected chi connectivity index (χ0v) is 28.5. The standard InChI is InChI=1S/C37H46ClN3O5/c1-7-24(3)45-34-23-32-28(21-33(34)44-6)22-35(42)41(36(32)27-9-13-29(38)14-10-27)30-15-11-26(12-16-30)25(4)40(8-2)37(43)46-31-17-19-39(5)20-18-31/h9-16,21,23-25,31,36H,7-8,17-20,22H2,1-6H3/t24-,25?,36?/m1/s1. The molecule has 3 aromatic carbocycles. The van der Waals surface area contributed by atoms with Crippen molar-refractivity contribution in [2.45, 2.75) is 77.7 Å². The summed E-state index contributed by atoms with van der Waals surface area (Å²) in [7, 11) is 3.71. The van der Waals surface area contributed by atoms with Crippen molar-refractivity contribution in [2.75, 3.05) is 38.7 Å². The van der Waals surface area contributed by atoms with Crippen LogP contribution in [-0.4, -0.2) is 67.8 Å². The molecule has 246 valence electrons. The van der Waals surface area contributed by atoms with Crippen LogP contribution in [-0.2, 0) is 16.0 Å². The quantitative estimate of drug-likeness (QED) is 0.223. The zero-order chi connectivity index (χ0) is 33.0. The first kappa shape index (κ1) is 33.6. The van der Waals surface area contributed by atoms with Crippen LogP contribution in [0.15, 0.2) is 60.7 Å². The van der Waals surface area contributed by atoms with Crippen molar-refractivity contribution in [2.24, 2.45) is 0 Å². The van der Waals surface area contributed by atoms with E-state index in [1.807, 2.05) is 86.3 Å². The third-order valence-electron chi connectivity index (χ3n) is 9.31. The molecule has 8 nitrogen and oxygen atoms in total. The van der Waals surface area contributed by atoms with E-state index in [1.165, 1.54) is 0 Å². The van der Waals surface area contributed by atoms with E-state index in [2.05, 4.69) is 18.9 Å². The van der Waals surface area contributed by atoms with Crippen LogP contribution >= 0.6 is 11.6 Å². The van der Waals surface area contributed by atoms with Crippen LogP contribution in [0, 0.1) is 0 Å². The Morgan fingerprint density at radius 2 is 1.67 bits per heavy atom. The predicted octanol–water partition coefficient (Wildman–Crippen LogP) is 7.82. The maximum absolute atomic E-state index is 13.9. The molecule has 2 aliphatic heterocycles. The molecule has 2 unspecified atom stereocenters. The average Bonchev–Trinajstić information content (AvgIpc) is 3.06. The lowest BCUT2D eigenvalue weighted by atomic mass is 9.86. The van der Waals surface area contributed by atoms with E-state index in [9.17, 15) is 9.59 Å². The fourth-order valence-corrected chi connectivity index (χ4v) is 6.47. The number of hydrogen-bond acceptors (Lipinski definition) is 6. The zero-order valence-electron chi connectivity index (χ0n) is 27.8. The largest absolute Gasteiger partial charge is 0.493 e. The van der Waals surface area contributed by atoms with Gasteiger partial charge >= 0.3 is 6.09 Å². The minimum atomic E-state index is -0.404. The lowest BCUT2D eigenvalue weighted by molar-refractivity contribution is -0.118. The summed E-state index contributed by atoms with van der Waals surface area (Å²) in [6.45, 7) is 10.5. The van der Waals surface area contributed by atoms with Gasteiger partial charge in [0.2, 0.25) is 5.91 Å². The van der Waals surface area contributed by atoms with E-state index >= 15 is 0 Å². The SMILES string of the molecule is CC[C@@H](C)Oc1cc2c(cc1OC)CC(=O)N(c1ccc(C(C)N(CC)C(=O)OC3CCN(C)CC3)cc1)C2c1ccc(Cl)cc1. The van der Waals surface area contributed by atoms with E-state index in [1.54, 1.807) is 12.0 Å². The first-order valence-corrected chi connectivity index (χ1v) is 16.7. The Balaban J connectivity index is 1.45. The molecule has 5 rings (SSSR count). The van der Waals surface area contributed by atoms with Gasteiger partial charge in [-0.3, -0.25) is 4.79 Å². The summed E-state index contributed by atoms with van der Waals surface area (Å²) in [5, 5.41) is 0.626. The average molecular weight is 648 g/mol.